The summed E-state index contributed by atoms with van der Waals surface area (Å²) in [6.07, 6.45) is -4.83. The number of hydrogen-bond acceptors (Lipinski definition) is 3. The van der Waals surface area contributed by atoms with E-state index >= 15 is 0 Å². The lowest BCUT2D eigenvalue weighted by atomic mass is 9.97. The molecule has 4 nitrogen and oxygen atoms in total. The monoisotopic (exact) mass is 258 g/mol. The zero-order valence-electron chi connectivity index (χ0n) is 9.56. The van der Waals surface area contributed by atoms with E-state index in [9.17, 15) is 23.5 Å². The molecule has 0 aromatic heterocycles. The van der Waals surface area contributed by atoms with Gasteiger partial charge in [0.2, 0.25) is 0 Å². The summed E-state index contributed by atoms with van der Waals surface area (Å²) in [5.74, 6) is -1.94. The molecule has 18 heavy (non-hydrogen) atoms. The van der Waals surface area contributed by atoms with Crippen molar-refractivity contribution in [3.63, 3.8) is 0 Å². The van der Waals surface area contributed by atoms with Crippen LogP contribution in [-0.2, 0) is 4.79 Å². The standard InChI is InChI=1S/C12H12F2O4/c1-2-9(15)6-3-4-7(10(16)12(17)18)8(5-6)11(13)14/h3-5,10-11,16H,2H2,1H3,(H,17,18). The van der Waals surface area contributed by atoms with Crippen molar-refractivity contribution in [1.29, 1.82) is 0 Å². The molecule has 1 rings (SSSR count). The summed E-state index contributed by atoms with van der Waals surface area (Å²) in [6, 6.07) is 3.21. The van der Waals surface area contributed by atoms with E-state index in [1.54, 1.807) is 6.92 Å². The summed E-state index contributed by atoms with van der Waals surface area (Å²) >= 11 is 0. The maximum Gasteiger partial charge on any atom is 0.337 e. The first kappa shape index (κ1) is 14.2. The molecule has 0 aliphatic rings. The van der Waals surface area contributed by atoms with Crippen LogP contribution in [0.25, 0.3) is 0 Å². The maximum atomic E-state index is 12.8. The van der Waals surface area contributed by atoms with Gasteiger partial charge in [0, 0.05) is 23.1 Å². The highest BCUT2D eigenvalue weighted by Crippen LogP contribution is 2.29. The molecular formula is C12H12F2O4. The van der Waals surface area contributed by atoms with Crippen molar-refractivity contribution in [2.75, 3.05) is 0 Å². The highest BCUT2D eigenvalue weighted by molar-refractivity contribution is 5.96. The van der Waals surface area contributed by atoms with E-state index in [4.69, 9.17) is 5.11 Å². The van der Waals surface area contributed by atoms with Crippen molar-refractivity contribution in [2.45, 2.75) is 25.9 Å². The highest BCUT2D eigenvalue weighted by atomic mass is 19.3. The minimum atomic E-state index is -2.96. The van der Waals surface area contributed by atoms with E-state index in [0.29, 0.717) is 0 Å². The smallest absolute Gasteiger partial charge is 0.337 e. The van der Waals surface area contributed by atoms with Gasteiger partial charge in [0.05, 0.1) is 0 Å². The van der Waals surface area contributed by atoms with Crippen LogP contribution in [0, 0.1) is 0 Å². The zero-order chi connectivity index (χ0) is 13.9. The van der Waals surface area contributed by atoms with Crippen LogP contribution >= 0.6 is 0 Å². The normalized spacial score (nSPS) is 12.5. The quantitative estimate of drug-likeness (QED) is 0.795. The predicted octanol–water partition coefficient (Wildman–Crippen LogP) is 2.33. The fourth-order valence-electron chi connectivity index (χ4n) is 1.52. The van der Waals surface area contributed by atoms with E-state index in [1.165, 1.54) is 6.07 Å². The Bertz CT molecular complexity index is 471. The Labute approximate surface area is 102 Å². The molecule has 0 fully saturated rings. The first-order valence-corrected chi connectivity index (χ1v) is 5.24. The summed E-state index contributed by atoms with van der Waals surface area (Å²) in [4.78, 5) is 22.0. The van der Waals surface area contributed by atoms with Crippen LogP contribution in [0.2, 0.25) is 0 Å². The highest BCUT2D eigenvalue weighted by Gasteiger charge is 2.24. The van der Waals surface area contributed by atoms with Gasteiger partial charge in [-0.05, 0) is 6.07 Å². The lowest BCUT2D eigenvalue weighted by Crippen LogP contribution is -2.13. The maximum absolute atomic E-state index is 12.8. The van der Waals surface area contributed by atoms with E-state index in [2.05, 4.69) is 0 Å². The van der Waals surface area contributed by atoms with Crippen molar-refractivity contribution in [3.8, 4) is 0 Å². The third-order valence-corrected chi connectivity index (χ3v) is 2.49. The number of carboxylic acids is 1. The topological polar surface area (TPSA) is 74.6 Å². The Hall–Kier alpha value is -1.82. The van der Waals surface area contributed by atoms with Gasteiger partial charge < -0.3 is 10.2 Å². The van der Waals surface area contributed by atoms with E-state index in [1.807, 2.05) is 0 Å². The minimum Gasteiger partial charge on any atom is -0.479 e. The zero-order valence-corrected chi connectivity index (χ0v) is 9.56. The fourth-order valence-corrected chi connectivity index (χ4v) is 1.52. The van der Waals surface area contributed by atoms with Gasteiger partial charge in [-0.1, -0.05) is 19.1 Å². The number of carboxylic acid groups (broad SMARTS) is 1. The number of halogens is 2. The van der Waals surface area contributed by atoms with Crippen LogP contribution in [0.4, 0.5) is 8.78 Å². The SMILES string of the molecule is CCC(=O)c1ccc(C(O)C(=O)O)c(C(F)F)c1. The van der Waals surface area contributed by atoms with Gasteiger partial charge in [-0.2, -0.15) is 0 Å². The number of aliphatic hydroxyl groups is 1. The molecule has 0 saturated heterocycles. The van der Waals surface area contributed by atoms with Crippen molar-refractivity contribution in [3.05, 3.63) is 34.9 Å². The van der Waals surface area contributed by atoms with Crippen LogP contribution in [0.15, 0.2) is 18.2 Å². The van der Waals surface area contributed by atoms with E-state index in [-0.39, 0.29) is 17.8 Å². The number of Topliss-reactive ketones (excluding diaryl/α,β-unsaturated/α-hetero) is 1. The molecule has 0 aliphatic heterocycles. The Morgan fingerprint density at radius 3 is 2.33 bits per heavy atom. The fraction of sp³-hybridized carbons (Fsp3) is 0.333. The molecule has 0 radical (unpaired) electrons. The largest absolute Gasteiger partial charge is 0.479 e. The van der Waals surface area contributed by atoms with E-state index in [0.717, 1.165) is 12.1 Å². The molecule has 6 heteroatoms. The van der Waals surface area contributed by atoms with Crippen molar-refractivity contribution in [2.24, 2.45) is 0 Å². The Kier molecular flexibility index (Phi) is 4.49. The van der Waals surface area contributed by atoms with Gasteiger partial charge in [-0.25, -0.2) is 13.6 Å². The molecule has 1 aromatic carbocycles. The molecule has 1 aromatic rings. The molecule has 1 unspecified atom stereocenters. The van der Waals surface area contributed by atoms with Crippen molar-refractivity contribution < 1.29 is 28.6 Å². The number of aliphatic hydroxyl groups excluding tert-OH is 1. The summed E-state index contributed by atoms with van der Waals surface area (Å²) < 4.78 is 25.6. The Balaban J connectivity index is 3.29. The number of aliphatic carboxylic acids is 1. The number of ketones is 1. The third-order valence-electron chi connectivity index (χ3n) is 2.49. The molecule has 2 N–H and O–H groups in total. The molecule has 0 spiro atoms. The van der Waals surface area contributed by atoms with Crippen LogP contribution in [0.1, 0.15) is 47.4 Å². The van der Waals surface area contributed by atoms with Crippen LogP contribution < -0.4 is 0 Å². The second kappa shape index (κ2) is 5.68. The molecular weight excluding hydrogens is 246 g/mol. The van der Waals surface area contributed by atoms with E-state index < -0.39 is 29.6 Å². The second-order valence-corrected chi connectivity index (χ2v) is 3.66. The van der Waals surface area contributed by atoms with Crippen molar-refractivity contribution in [1.82, 2.24) is 0 Å². The summed E-state index contributed by atoms with van der Waals surface area (Å²) in [6.45, 7) is 1.59. The van der Waals surface area contributed by atoms with Crippen LogP contribution in [-0.4, -0.2) is 22.0 Å². The van der Waals surface area contributed by atoms with Gasteiger partial charge in [-0.15, -0.1) is 0 Å². The second-order valence-electron chi connectivity index (χ2n) is 3.66. The lowest BCUT2D eigenvalue weighted by molar-refractivity contribution is -0.147. The lowest BCUT2D eigenvalue weighted by Gasteiger charge is -2.13. The number of alkyl halides is 2. The summed E-state index contributed by atoms with van der Waals surface area (Å²) in [5, 5.41) is 17.9. The summed E-state index contributed by atoms with van der Waals surface area (Å²) in [7, 11) is 0. The van der Waals surface area contributed by atoms with Gasteiger partial charge >= 0.3 is 5.97 Å². The number of benzene rings is 1. The van der Waals surface area contributed by atoms with Gasteiger partial charge in [0.1, 0.15) is 0 Å². The van der Waals surface area contributed by atoms with Crippen LogP contribution in [0.5, 0.6) is 0 Å². The van der Waals surface area contributed by atoms with Crippen molar-refractivity contribution >= 4 is 11.8 Å². The van der Waals surface area contributed by atoms with Gasteiger partial charge in [-0.3, -0.25) is 4.79 Å². The van der Waals surface area contributed by atoms with Crippen LogP contribution in [0.3, 0.4) is 0 Å². The number of rotatable bonds is 5. The predicted molar refractivity (Wildman–Crippen MR) is 58.6 cm³/mol. The molecule has 0 saturated carbocycles. The molecule has 0 aliphatic carbocycles. The Morgan fingerprint density at radius 1 is 1.28 bits per heavy atom. The molecule has 0 heterocycles. The Morgan fingerprint density at radius 2 is 1.89 bits per heavy atom. The molecule has 1 atom stereocenters. The molecule has 0 bridgehead atoms. The van der Waals surface area contributed by atoms with Gasteiger partial charge in [0.25, 0.3) is 6.43 Å². The molecule has 98 valence electrons. The number of carbonyl (C=O) groups excluding carboxylic acids is 1. The first-order valence-electron chi connectivity index (χ1n) is 5.24. The minimum absolute atomic E-state index is 0.0779. The average Bonchev–Trinajstić information content (AvgIpc) is 2.35. The number of hydrogen-bond donors (Lipinski definition) is 2. The summed E-state index contributed by atoms with van der Waals surface area (Å²) in [5.41, 5.74) is -0.955. The average molecular weight is 258 g/mol. The molecule has 0 amide bonds. The first-order chi connectivity index (χ1) is 8.38. The number of carbonyl (C=O) groups is 2. The van der Waals surface area contributed by atoms with Gasteiger partial charge in [0.15, 0.2) is 11.9 Å². The third kappa shape index (κ3) is 2.89.